The third kappa shape index (κ3) is 2.08. The van der Waals surface area contributed by atoms with E-state index in [2.05, 4.69) is 4.74 Å². The van der Waals surface area contributed by atoms with E-state index in [0.29, 0.717) is 0 Å². The average Bonchev–Trinajstić information content (AvgIpc) is 2.52. The van der Waals surface area contributed by atoms with Gasteiger partial charge in [0.1, 0.15) is 5.78 Å². The van der Waals surface area contributed by atoms with E-state index < -0.39 is 17.8 Å². The van der Waals surface area contributed by atoms with Crippen LogP contribution in [0.1, 0.15) is 26.2 Å². The number of carbonyl (C=O) groups is 2. The van der Waals surface area contributed by atoms with E-state index in [1.165, 1.54) is 6.92 Å². The van der Waals surface area contributed by atoms with Crippen LogP contribution >= 0.6 is 0 Å². The third-order valence-corrected chi connectivity index (χ3v) is 2.31. The smallest absolute Gasteiger partial charge is 0.377 e. The van der Waals surface area contributed by atoms with Gasteiger partial charge in [-0.05, 0) is 13.3 Å². The van der Waals surface area contributed by atoms with E-state index in [-0.39, 0.29) is 31.7 Å². The van der Waals surface area contributed by atoms with Gasteiger partial charge in [0, 0.05) is 18.8 Å². The zero-order chi connectivity index (χ0) is 10.8. The maximum absolute atomic E-state index is 13.3. The number of ketones is 1. The molecule has 0 N–H and O–H groups in total. The Labute approximate surface area is 80.4 Å². The van der Waals surface area contributed by atoms with Gasteiger partial charge in [0.2, 0.25) is 0 Å². The lowest BCUT2D eigenvalue weighted by molar-refractivity contribution is -0.179. The molecule has 14 heavy (non-hydrogen) atoms. The fourth-order valence-corrected chi connectivity index (χ4v) is 1.52. The quantitative estimate of drug-likeness (QED) is 0.658. The van der Waals surface area contributed by atoms with E-state index >= 15 is 0 Å². The first-order chi connectivity index (χ1) is 6.48. The molecule has 0 aromatic heterocycles. The largest absolute Gasteiger partial charge is 0.462 e. The topological polar surface area (TPSA) is 43.4 Å². The van der Waals surface area contributed by atoms with Gasteiger partial charge >= 0.3 is 11.9 Å². The highest BCUT2D eigenvalue weighted by atomic mass is 19.3. The summed E-state index contributed by atoms with van der Waals surface area (Å²) in [5.74, 6) is -6.41. The molecule has 1 atom stereocenters. The van der Waals surface area contributed by atoms with Crippen LogP contribution in [0.15, 0.2) is 0 Å². The highest BCUT2D eigenvalue weighted by Crippen LogP contribution is 2.37. The summed E-state index contributed by atoms with van der Waals surface area (Å²) in [7, 11) is 0. The van der Waals surface area contributed by atoms with E-state index in [4.69, 9.17) is 0 Å². The summed E-state index contributed by atoms with van der Waals surface area (Å²) in [6.45, 7) is 1.39. The van der Waals surface area contributed by atoms with Crippen LogP contribution in [0.4, 0.5) is 8.78 Å². The Hall–Kier alpha value is -1.00. The molecular formula is C9H12F2O3. The summed E-state index contributed by atoms with van der Waals surface area (Å²) in [5.41, 5.74) is 0. The minimum absolute atomic E-state index is 0.0741. The molecule has 0 aliphatic heterocycles. The summed E-state index contributed by atoms with van der Waals surface area (Å²) >= 11 is 0. The number of Topliss-reactive ketones (excluding diaryl/α,β-unsaturated/α-hetero) is 1. The second kappa shape index (κ2) is 4.02. The molecule has 1 aliphatic rings. The fourth-order valence-electron chi connectivity index (χ4n) is 1.52. The zero-order valence-corrected chi connectivity index (χ0v) is 7.89. The standard InChI is InChI=1S/C9H12F2O3/c1-2-14-8(13)9(10,11)6-3-4-7(12)5-6/h6H,2-5H2,1H3/t6-/m1/s1. The number of esters is 1. The Morgan fingerprint density at radius 3 is 2.71 bits per heavy atom. The summed E-state index contributed by atoms with van der Waals surface area (Å²) in [4.78, 5) is 21.7. The number of carbonyl (C=O) groups excluding carboxylic acids is 2. The molecule has 3 nitrogen and oxygen atoms in total. The van der Waals surface area contributed by atoms with Crippen LogP contribution < -0.4 is 0 Å². The first-order valence-corrected chi connectivity index (χ1v) is 4.55. The highest BCUT2D eigenvalue weighted by molar-refractivity contribution is 5.84. The number of rotatable bonds is 3. The van der Waals surface area contributed by atoms with Crippen LogP contribution in [-0.2, 0) is 14.3 Å². The van der Waals surface area contributed by atoms with Crippen molar-refractivity contribution in [2.45, 2.75) is 32.1 Å². The normalized spacial score (nSPS) is 22.5. The predicted molar refractivity (Wildman–Crippen MR) is 43.9 cm³/mol. The monoisotopic (exact) mass is 206 g/mol. The molecule has 0 unspecified atom stereocenters. The maximum atomic E-state index is 13.3. The summed E-state index contributed by atoms with van der Waals surface area (Å²) < 4.78 is 30.8. The molecule has 1 fully saturated rings. The van der Waals surface area contributed by atoms with E-state index in [1.807, 2.05) is 0 Å². The molecule has 0 radical (unpaired) electrons. The van der Waals surface area contributed by atoms with Gasteiger partial charge in [0.25, 0.3) is 0 Å². The van der Waals surface area contributed by atoms with Gasteiger partial charge in [-0.3, -0.25) is 4.79 Å². The number of hydrogen-bond acceptors (Lipinski definition) is 3. The summed E-state index contributed by atoms with van der Waals surface area (Å²) in [6, 6.07) is 0. The molecule has 0 amide bonds. The molecule has 0 aromatic rings. The van der Waals surface area contributed by atoms with Crippen molar-refractivity contribution in [2.75, 3.05) is 6.61 Å². The van der Waals surface area contributed by atoms with Crippen molar-refractivity contribution >= 4 is 11.8 Å². The molecule has 0 spiro atoms. The van der Waals surface area contributed by atoms with Crippen molar-refractivity contribution in [3.05, 3.63) is 0 Å². The van der Waals surface area contributed by atoms with Gasteiger partial charge in [0.15, 0.2) is 0 Å². The Morgan fingerprint density at radius 2 is 2.29 bits per heavy atom. The van der Waals surface area contributed by atoms with Crippen molar-refractivity contribution < 1.29 is 23.1 Å². The number of hydrogen-bond donors (Lipinski definition) is 0. The molecule has 0 aromatic carbocycles. The average molecular weight is 206 g/mol. The highest BCUT2D eigenvalue weighted by Gasteiger charge is 2.50. The van der Waals surface area contributed by atoms with Crippen molar-refractivity contribution in [2.24, 2.45) is 5.92 Å². The van der Waals surface area contributed by atoms with Crippen molar-refractivity contribution in [1.82, 2.24) is 0 Å². The lowest BCUT2D eigenvalue weighted by Crippen LogP contribution is -2.37. The number of halogens is 2. The Balaban J connectivity index is 2.64. The van der Waals surface area contributed by atoms with Crippen LogP contribution in [0.2, 0.25) is 0 Å². The number of alkyl halides is 2. The van der Waals surface area contributed by atoms with Gasteiger partial charge < -0.3 is 4.74 Å². The van der Waals surface area contributed by atoms with Crippen LogP contribution in [0.5, 0.6) is 0 Å². The second-order valence-electron chi connectivity index (χ2n) is 3.32. The van der Waals surface area contributed by atoms with Crippen molar-refractivity contribution in [3.63, 3.8) is 0 Å². The molecular weight excluding hydrogens is 194 g/mol. The summed E-state index contributed by atoms with van der Waals surface area (Å²) in [5, 5.41) is 0. The number of ether oxygens (including phenoxy) is 1. The van der Waals surface area contributed by atoms with Gasteiger partial charge in [-0.15, -0.1) is 0 Å². The minimum Gasteiger partial charge on any atom is -0.462 e. The first-order valence-electron chi connectivity index (χ1n) is 4.55. The SMILES string of the molecule is CCOC(=O)C(F)(F)[C@@H]1CCC(=O)C1. The minimum atomic E-state index is -3.51. The Morgan fingerprint density at radius 1 is 1.64 bits per heavy atom. The van der Waals surface area contributed by atoms with Gasteiger partial charge in [-0.2, -0.15) is 8.78 Å². The van der Waals surface area contributed by atoms with Gasteiger partial charge in [-0.1, -0.05) is 0 Å². The molecule has 5 heteroatoms. The molecule has 1 aliphatic carbocycles. The molecule has 1 rings (SSSR count). The molecule has 0 heterocycles. The lowest BCUT2D eigenvalue weighted by Gasteiger charge is -2.19. The lowest BCUT2D eigenvalue weighted by atomic mass is 10.00. The van der Waals surface area contributed by atoms with Gasteiger partial charge in [0.05, 0.1) is 6.61 Å². The molecule has 0 saturated heterocycles. The van der Waals surface area contributed by atoms with Gasteiger partial charge in [-0.25, -0.2) is 4.79 Å². The maximum Gasteiger partial charge on any atom is 0.377 e. The summed E-state index contributed by atoms with van der Waals surface area (Å²) in [6.07, 6.45) is -0.00385. The predicted octanol–water partition coefficient (Wildman–Crippen LogP) is 1.55. The Kier molecular flexibility index (Phi) is 3.18. The fraction of sp³-hybridized carbons (Fsp3) is 0.778. The van der Waals surface area contributed by atoms with Crippen molar-refractivity contribution in [1.29, 1.82) is 0 Å². The van der Waals surface area contributed by atoms with Crippen LogP contribution in [0.3, 0.4) is 0 Å². The molecule has 0 bridgehead atoms. The molecule has 80 valence electrons. The Bertz CT molecular complexity index is 250. The van der Waals surface area contributed by atoms with E-state index in [1.54, 1.807) is 0 Å². The second-order valence-corrected chi connectivity index (χ2v) is 3.32. The van der Waals surface area contributed by atoms with Crippen LogP contribution in [0.25, 0.3) is 0 Å². The zero-order valence-electron chi connectivity index (χ0n) is 7.89. The van der Waals surface area contributed by atoms with Crippen LogP contribution in [-0.4, -0.2) is 24.3 Å². The van der Waals surface area contributed by atoms with Crippen LogP contribution in [0, 0.1) is 5.92 Å². The van der Waals surface area contributed by atoms with Crippen molar-refractivity contribution in [3.8, 4) is 0 Å². The van der Waals surface area contributed by atoms with E-state index in [0.717, 1.165) is 0 Å². The molecule has 1 saturated carbocycles. The third-order valence-electron chi connectivity index (χ3n) is 2.31. The first kappa shape index (κ1) is 11.1. The van der Waals surface area contributed by atoms with E-state index in [9.17, 15) is 18.4 Å².